The lowest BCUT2D eigenvalue weighted by Gasteiger charge is -2.24. The lowest BCUT2D eigenvalue weighted by molar-refractivity contribution is -0.150. The maximum Gasteiger partial charge on any atom is 0.240 e. The molecule has 0 aliphatic heterocycles. The van der Waals surface area contributed by atoms with Crippen LogP contribution in [0.15, 0.2) is 0 Å². The van der Waals surface area contributed by atoms with E-state index in [0.717, 1.165) is 6.42 Å². The molecule has 0 aromatic carbocycles. The molecule has 2 amide bonds. The minimum Gasteiger partial charge on any atom is -0.277 e. The second-order valence-electron chi connectivity index (χ2n) is 3.53. The third kappa shape index (κ3) is 4.50. The van der Waals surface area contributed by atoms with E-state index in [1.54, 1.807) is 14.1 Å². The number of carbonyl (C=O) groups excluding carboxylic acids is 2. The van der Waals surface area contributed by atoms with E-state index in [4.69, 9.17) is 0 Å². The van der Waals surface area contributed by atoms with Gasteiger partial charge >= 0.3 is 0 Å². The Morgan fingerprint density at radius 2 is 1.92 bits per heavy atom. The van der Waals surface area contributed by atoms with Crippen LogP contribution in [0.1, 0.15) is 26.7 Å². The maximum atomic E-state index is 11.4. The normalized spacial score (nSPS) is 9.92. The third-order valence-corrected chi connectivity index (χ3v) is 1.92. The molecule has 0 heterocycles. The largest absolute Gasteiger partial charge is 0.277 e. The Balaban J connectivity index is 3.89. The molecule has 0 aromatic rings. The molecule has 0 spiro atoms. The first-order valence-corrected chi connectivity index (χ1v) is 4.43. The summed E-state index contributed by atoms with van der Waals surface area (Å²) in [6.45, 7) is 4.13. The van der Waals surface area contributed by atoms with Gasteiger partial charge in [-0.15, -0.1) is 0 Å². The highest BCUT2D eigenvalue weighted by Gasteiger charge is 2.11. The summed E-state index contributed by atoms with van der Waals surface area (Å²) in [6, 6.07) is 0. The van der Waals surface area contributed by atoms with Crippen LogP contribution in [0.4, 0.5) is 0 Å². The predicted octanol–water partition coefficient (Wildman–Crippen LogP) is 0.884. The first kappa shape index (κ1) is 11.9. The fraction of sp³-hybridized carbons (Fsp3) is 0.778. The quantitative estimate of drug-likeness (QED) is 0.472. The van der Waals surface area contributed by atoms with Crippen molar-refractivity contribution in [1.82, 2.24) is 10.0 Å². The van der Waals surface area contributed by atoms with Gasteiger partial charge in [0.25, 0.3) is 0 Å². The maximum absolute atomic E-state index is 11.4. The van der Waals surface area contributed by atoms with Gasteiger partial charge in [-0.1, -0.05) is 13.8 Å². The van der Waals surface area contributed by atoms with Crippen LogP contribution in [-0.4, -0.2) is 36.4 Å². The molecule has 0 bridgehead atoms. The van der Waals surface area contributed by atoms with Gasteiger partial charge in [0, 0.05) is 20.5 Å². The minimum atomic E-state index is -0.0247. The standard InChI is InChI=1S/C9H18N2O2/c1-8(2)5-6-9(13)11(4)10(3)7-12/h7-8H,5-6H2,1-4H3. The average molecular weight is 186 g/mol. The number of hydrazine groups is 1. The fourth-order valence-electron chi connectivity index (χ4n) is 0.821. The first-order chi connectivity index (χ1) is 5.99. The average Bonchev–Trinajstić information content (AvgIpc) is 2.11. The molecule has 0 saturated carbocycles. The minimum absolute atomic E-state index is 0.0247. The number of amides is 2. The zero-order chi connectivity index (χ0) is 10.4. The molecule has 0 fully saturated rings. The Hall–Kier alpha value is -1.06. The van der Waals surface area contributed by atoms with Gasteiger partial charge in [0.2, 0.25) is 12.3 Å². The van der Waals surface area contributed by atoms with Crippen molar-refractivity contribution in [3.05, 3.63) is 0 Å². The predicted molar refractivity (Wildman–Crippen MR) is 50.7 cm³/mol. The van der Waals surface area contributed by atoms with Crippen LogP contribution < -0.4 is 0 Å². The molecule has 0 saturated heterocycles. The third-order valence-electron chi connectivity index (χ3n) is 1.92. The molecule has 0 aromatic heterocycles. The van der Waals surface area contributed by atoms with Gasteiger partial charge in [-0.2, -0.15) is 0 Å². The number of hydrogen-bond donors (Lipinski definition) is 0. The van der Waals surface area contributed by atoms with Gasteiger partial charge in [0.1, 0.15) is 0 Å². The molecule has 0 N–H and O–H groups in total. The molecule has 4 heteroatoms. The summed E-state index contributed by atoms with van der Waals surface area (Å²) in [7, 11) is 3.15. The van der Waals surface area contributed by atoms with Gasteiger partial charge in [-0.25, -0.2) is 0 Å². The smallest absolute Gasteiger partial charge is 0.240 e. The van der Waals surface area contributed by atoms with E-state index in [1.807, 2.05) is 0 Å². The summed E-state index contributed by atoms with van der Waals surface area (Å²) in [6.07, 6.45) is 1.97. The molecule has 0 unspecified atom stereocenters. The van der Waals surface area contributed by atoms with E-state index >= 15 is 0 Å². The Morgan fingerprint density at radius 1 is 1.38 bits per heavy atom. The molecular weight excluding hydrogens is 168 g/mol. The van der Waals surface area contributed by atoms with Gasteiger partial charge in [-0.05, 0) is 12.3 Å². The Kier molecular flexibility index (Phi) is 5.11. The van der Waals surface area contributed by atoms with E-state index in [1.165, 1.54) is 10.0 Å². The van der Waals surface area contributed by atoms with Crippen LogP contribution in [0, 0.1) is 5.92 Å². The summed E-state index contributed by atoms with van der Waals surface area (Å²) in [5.74, 6) is 0.488. The van der Waals surface area contributed by atoms with Crippen molar-refractivity contribution in [3.8, 4) is 0 Å². The Labute approximate surface area is 79.5 Å². The van der Waals surface area contributed by atoms with Gasteiger partial charge < -0.3 is 0 Å². The van der Waals surface area contributed by atoms with Crippen molar-refractivity contribution >= 4 is 12.3 Å². The SMILES string of the molecule is CC(C)CCC(=O)N(C)N(C)C=O. The van der Waals surface area contributed by atoms with E-state index in [2.05, 4.69) is 13.8 Å². The topological polar surface area (TPSA) is 40.6 Å². The molecule has 0 rings (SSSR count). The van der Waals surface area contributed by atoms with Gasteiger partial charge in [0.05, 0.1) is 0 Å². The summed E-state index contributed by atoms with van der Waals surface area (Å²) >= 11 is 0. The summed E-state index contributed by atoms with van der Waals surface area (Å²) < 4.78 is 0. The lowest BCUT2D eigenvalue weighted by atomic mass is 10.1. The zero-order valence-corrected chi connectivity index (χ0v) is 8.78. The van der Waals surface area contributed by atoms with Crippen LogP contribution in [0.2, 0.25) is 0 Å². The highest BCUT2D eigenvalue weighted by molar-refractivity contribution is 5.76. The summed E-state index contributed by atoms with van der Waals surface area (Å²) in [5, 5.41) is 2.57. The molecule has 0 aliphatic rings. The molecule has 0 aliphatic carbocycles. The molecule has 76 valence electrons. The van der Waals surface area contributed by atoms with Gasteiger partial charge in [0.15, 0.2) is 0 Å². The van der Waals surface area contributed by atoms with Crippen molar-refractivity contribution in [1.29, 1.82) is 0 Å². The molecular formula is C9H18N2O2. The molecule has 0 radical (unpaired) electrons. The lowest BCUT2D eigenvalue weighted by Crippen LogP contribution is -2.40. The highest BCUT2D eigenvalue weighted by atomic mass is 16.2. The van der Waals surface area contributed by atoms with Gasteiger partial charge in [-0.3, -0.25) is 19.6 Å². The van der Waals surface area contributed by atoms with Crippen LogP contribution in [-0.2, 0) is 9.59 Å². The first-order valence-electron chi connectivity index (χ1n) is 4.43. The van der Waals surface area contributed by atoms with Crippen molar-refractivity contribution < 1.29 is 9.59 Å². The van der Waals surface area contributed by atoms with E-state index in [9.17, 15) is 9.59 Å². The zero-order valence-electron chi connectivity index (χ0n) is 8.78. The fourth-order valence-corrected chi connectivity index (χ4v) is 0.821. The second-order valence-corrected chi connectivity index (χ2v) is 3.53. The highest BCUT2D eigenvalue weighted by Crippen LogP contribution is 2.05. The number of hydrogen-bond acceptors (Lipinski definition) is 2. The van der Waals surface area contributed by atoms with Crippen LogP contribution in [0.3, 0.4) is 0 Å². The van der Waals surface area contributed by atoms with E-state index in [-0.39, 0.29) is 5.91 Å². The monoisotopic (exact) mass is 186 g/mol. The number of carbonyl (C=O) groups is 2. The number of nitrogens with zero attached hydrogens (tertiary/aromatic N) is 2. The second kappa shape index (κ2) is 5.56. The van der Waals surface area contributed by atoms with Crippen LogP contribution in [0.25, 0.3) is 0 Å². The molecule has 13 heavy (non-hydrogen) atoms. The van der Waals surface area contributed by atoms with Crippen molar-refractivity contribution in [2.24, 2.45) is 5.92 Å². The van der Waals surface area contributed by atoms with Crippen molar-refractivity contribution in [2.75, 3.05) is 14.1 Å². The summed E-state index contributed by atoms with van der Waals surface area (Å²) in [4.78, 5) is 21.7. The number of rotatable bonds is 5. The van der Waals surface area contributed by atoms with Crippen molar-refractivity contribution in [3.63, 3.8) is 0 Å². The summed E-state index contributed by atoms with van der Waals surface area (Å²) in [5.41, 5.74) is 0. The molecule has 4 nitrogen and oxygen atoms in total. The van der Waals surface area contributed by atoms with Crippen LogP contribution in [0.5, 0.6) is 0 Å². The van der Waals surface area contributed by atoms with E-state index < -0.39 is 0 Å². The molecule has 0 atom stereocenters. The van der Waals surface area contributed by atoms with Crippen molar-refractivity contribution in [2.45, 2.75) is 26.7 Å². The van der Waals surface area contributed by atoms with E-state index in [0.29, 0.717) is 18.7 Å². The van der Waals surface area contributed by atoms with Crippen LogP contribution >= 0.6 is 0 Å². The Bertz CT molecular complexity index is 180. The Morgan fingerprint density at radius 3 is 2.31 bits per heavy atom.